The first-order valence-corrected chi connectivity index (χ1v) is 6.50. The molecule has 1 rings (SSSR count). The van der Waals surface area contributed by atoms with E-state index in [0.29, 0.717) is 23.7 Å². The number of hydrogen-bond acceptors (Lipinski definition) is 6. The average Bonchev–Trinajstić information content (AvgIpc) is 2.68. The van der Waals surface area contributed by atoms with Crippen LogP contribution < -0.4 is 5.32 Å². The molecule has 0 aliphatic heterocycles. The molecule has 1 aromatic rings. The highest BCUT2D eigenvalue weighted by molar-refractivity contribution is 7.13. The van der Waals surface area contributed by atoms with Gasteiger partial charge in [0.25, 0.3) is 0 Å². The van der Waals surface area contributed by atoms with E-state index in [2.05, 4.69) is 31.1 Å². The van der Waals surface area contributed by atoms with Gasteiger partial charge in [0, 0.05) is 19.2 Å². The second kappa shape index (κ2) is 6.26. The quantitative estimate of drug-likeness (QED) is 0.830. The van der Waals surface area contributed by atoms with E-state index in [0.717, 1.165) is 5.01 Å². The Kier molecular flexibility index (Phi) is 5.25. The monoisotopic (exact) mass is 272 g/mol. The Morgan fingerprint density at radius 1 is 1.39 bits per heavy atom. The number of rotatable bonds is 5. The lowest BCUT2D eigenvalue weighted by Crippen LogP contribution is -2.35. The fourth-order valence-electron chi connectivity index (χ4n) is 1.30. The molecule has 0 radical (unpaired) electrons. The molecular formula is C12H20N2O3S. The number of esters is 1. The first kappa shape index (κ1) is 15.1. The molecule has 1 N–H and O–H groups in total. The van der Waals surface area contributed by atoms with Gasteiger partial charge in [-0.15, -0.1) is 11.3 Å². The van der Waals surface area contributed by atoms with Crippen molar-refractivity contribution in [1.29, 1.82) is 0 Å². The van der Waals surface area contributed by atoms with Gasteiger partial charge in [-0.25, -0.2) is 9.78 Å². The number of thiazole rings is 1. The summed E-state index contributed by atoms with van der Waals surface area (Å²) in [5.41, 5.74) is 0.651. The van der Waals surface area contributed by atoms with Crippen LogP contribution in [0.5, 0.6) is 0 Å². The molecule has 1 heterocycles. The minimum Gasteiger partial charge on any atom is -0.465 e. The van der Waals surface area contributed by atoms with Crippen LogP contribution in [-0.2, 0) is 22.6 Å². The van der Waals surface area contributed by atoms with Crippen molar-refractivity contribution in [3.63, 3.8) is 0 Å². The molecule has 0 unspecified atom stereocenters. The van der Waals surface area contributed by atoms with Crippen molar-refractivity contribution in [1.82, 2.24) is 10.3 Å². The van der Waals surface area contributed by atoms with Gasteiger partial charge >= 0.3 is 5.97 Å². The summed E-state index contributed by atoms with van der Waals surface area (Å²) in [6.45, 7) is 7.19. The van der Waals surface area contributed by atoms with Gasteiger partial charge in [0.05, 0.1) is 19.4 Å². The predicted molar refractivity (Wildman–Crippen MR) is 70.8 cm³/mol. The third kappa shape index (κ3) is 4.36. The van der Waals surface area contributed by atoms with Crippen LogP contribution in [0.1, 0.15) is 41.1 Å². The number of nitrogens with one attached hydrogen (secondary N) is 1. The van der Waals surface area contributed by atoms with Crippen LogP contribution in [0.3, 0.4) is 0 Å². The first-order valence-electron chi connectivity index (χ1n) is 5.68. The average molecular weight is 272 g/mol. The minimum atomic E-state index is -0.360. The van der Waals surface area contributed by atoms with Crippen molar-refractivity contribution in [3.05, 3.63) is 15.6 Å². The maximum Gasteiger partial charge on any atom is 0.350 e. The third-order valence-corrected chi connectivity index (χ3v) is 3.24. The van der Waals surface area contributed by atoms with Crippen molar-refractivity contribution < 1.29 is 14.3 Å². The zero-order valence-electron chi connectivity index (χ0n) is 11.5. The molecular weight excluding hydrogens is 252 g/mol. The number of methoxy groups -OCH3 is 2. The highest BCUT2D eigenvalue weighted by atomic mass is 32.1. The van der Waals surface area contributed by atoms with Gasteiger partial charge in [-0.2, -0.15) is 0 Å². The van der Waals surface area contributed by atoms with Gasteiger partial charge in [0.1, 0.15) is 9.88 Å². The molecule has 0 aliphatic carbocycles. The predicted octanol–water partition coefficient (Wildman–Crippen LogP) is 1.96. The lowest BCUT2D eigenvalue weighted by atomic mass is 10.1. The van der Waals surface area contributed by atoms with Gasteiger partial charge in [0.2, 0.25) is 0 Å². The number of hydrogen-bond donors (Lipinski definition) is 1. The Bertz CT molecular complexity index is 410. The second-order valence-corrected chi connectivity index (χ2v) is 6.00. The summed E-state index contributed by atoms with van der Waals surface area (Å²) in [6.07, 6.45) is 0. The van der Waals surface area contributed by atoms with Crippen LogP contribution in [0.25, 0.3) is 0 Å². The Balaban J connectivity index is 2.85. The van der Waals surface area contributed by atoms with Gasteiger partial charge in [-0.3, -0.25) is 0 Å². The topological polar surface area (TPSA) is 60.5 Å². The lowest BCUT2D eigenvalue weighted by molar-refractivity contribution is 0.0601. The Hall–Kier alpha value is -0.980. The van der Waals surface area contributed by atoms with Crippen molar-refractivity contribution in [3.8, 4) is 0 Å². The highest BCUT2D eigenvalue weighted by Crippen LogP contribution is 2.21. The zero-order valence-corrected chi connectivity index (χ0v) is 12.3. The number of carbonyl (C=O) groups is 1. The van der Waals surface area contributed by atoms with Gasteiger partial charge in [0.15, 0.2) is 0 Å². The number of aromatic nitrogens is 1. The first-order chi connectivity index (χ1) is 8.37. The molecule has 18 heavy (non-hydrogen) atoms. The summed E-state index contributed by atoms with van der Waals surface area (Å²) in [7, 11) is 2.94. The van der Waals surface area contributed by atoms with Crippen LogP contribution in [0.2, 0.25) is 0 Å². The maximum absolute atomic E-state index is 11.6. The van der Waals surface area contributed by atoms with Crippen LogP contribution in [0, 0.1) is 0 Å². The van der Waals surface area contributed by atoms with Crippen LogP contribution in [0.15, 0.2) is 0 Å². The van der Waals surface area contributed by atoms with Gasteiger partial charge < -0.3 is 14.8 Å². The summed E-state index contributed by atoms with van der Waals surface area (Å²) in [4.78, 5) is 16.5. The Morgan fingerprint density at radius 3 is 2.56 bits per heavy atom. The fourth-order valence-corrected chi connectivity index (χ4v) is 2.23. The standard InChI is InChI=1S/C12H20N2O3S/c1-12(2,3)13-6-9-14-8(7-16-4)10(18-9)11(15)17-5/h13H,6-7H2,1-5H3. The van der Waals surface area contributed by atoms with Gasteiger partial charge in [-0.05, 0) is 20.8 Å². The van der Waals surface area contributed by atoms with Crippen LogP contribution in [0.4, 0.5) is 0 Å². The van der Waals surface area contributed by atoms with E-state index in [4.69, 9.17) is 9.47 Å². The number of ether oxygens (including phenoxy) is 2. The number of nitrogens with zero attached hydrogens (tertiary/aromatic N) is 1. The zero-order chi connectivity index (χ0) is 13.8. The highest BCUT2D eigenvalue weighted by Gasteiger charge is 2.19. The van der Waals surface area contributed by atoms with E-state index in [-0.39, 0.29) is 11.5 Å². The number of carbonyl (C=O) groups excluding carboxylic acids is 1. The molecule has 0 fully saturated rings. The van der Waals surface area contributed by atoms with Crippen LogP contribution >= 0.6 is 11.3 Å². The smallest absolute Gasteiger partial charge is 0.350 e. The Labute approximate surface area is 112 Å². The van der Waals surface area contributed by atoms with E-state index in [1.807, 2.05) is 0 Å². The molecule has 5 nitrogen and oxygen atoms in total. The fraction of sp³-hybridized carbons (Fsp3) is 0.667. The van der Waals surface area contributed by atoms with E-state index in [1.54, 1.807) is 7.11 Å². The summed E-state index contributed by atoms with van der Waals surface area (Å²) in [5.74, 6) is -0.360. The molecule has 0 aromatic carbocycles. The Morgan fingerprint density at radius 2 is 2.06 bits per heavy atom. The maximum atomic E-state index is 11.6. The van der Waals surface area contributed by atoms with E-state index in [1.165, 1.54) is 18.4 Å². The molecule has 0 aliphatic rings. The van der Waals surface area contributed by atoms with E-state index in [9.17, 15) is 4.79 Å². The van der Waals surface area contributed by atoms with E-state index < -0.39 is 0 Å². The van der Waals surface area contributed by atoms with Crippen molar-refractivity contribution in [2.45, 2.75) is 39.5 Å². The minimum absolute atomic E-state index is 0.0124. The SMILES string of the molecule is COCc1nc(CNC(C)(C)C)sc1C(=O)OC. The molecule has 0 atom stereocenters. The molecule has 0 spiro atoms. The summed E-state index contributed by atoms with van der Waals surface area (Å²) < 4.78 is 9.78. The third-order valence-electron chi connectivity index (χ3n) is 2.16. The molecule has 0 saturated heterocycles. The van der Waals surface area contributed by atoms with Crippen LogP contribution in [-0.4, -0.2) is 30.7 Å². The molecule has 0 amide bonds. The molecule has 0 bridgehead atoms. The largest absolute Gasteiger partial charge is 0.465 e. The van der Waals surface area contributed by atoms with Gasteiger partial charge in [-0.1, -0.05) is 0 Å². The molecule has 102 valence electrons. The van der Waals surface area contributed by atoms with E-state index >= 15 is 0 Å². The summed E-state index contributed by atoms with van der Waals surface area (Å²) in [5, 5.41) is 4.19. The normalized spacial score (nSPS) is 11.6. The van der Waals surface area contributed by atoms with Crippen molar-refractivity contribution in [2.24, 2.45) is 0 Å². The summed E-state index contributed by atoms with van der Waals surface area (Å²) >= 11 is 1.34. The molecule has 6 heteroatoms. The summed E-state index contributed by atoms with van der Waals surface area (Å²) in [6, 6.07) is 0. The molecule has 1 aromatic heterocycles. The molecule has 0 saturated carbocycles. The van der Waals surface area contributed by atoms with Crippen molar-refractivity contribution in [2.75, 3.05) is 14.2 Å². The lowest BCUT2D eigenvalue weighted by Gasteiger charge is -2.19. The van der Waals surface area contributed by atoms with Crippen molar-refractivity contribution >= 4 is 17.3 Å². The second-order valence-electron chi connectivity index (χ2n) is 4.91.